The van der Waals surface area contributed by atoms with Crippen LogP contribution >= 0.6 is 11.6 Å². The average Bonchev–Trinajstić information content (AvgIpc) is 3.36. The normalized spacial score (nSPS) is 23.9. The zero-order valence-corrected chi connectivity index (χ0v) is 19.2. The molecule has 0 aliphatic carbocycles. The van der Waals surface area contributed by atoms with Gasteiger partial charge in [-0.1, -0.05) is 24.3 Å². The molecule has 170 valence electrons. The zero-order chi connectivity index (χ0) is 23.2. The number of aliphatic imine (C=N–C) groups is 1. The Labute approximate surface area is 195 Å². The van der Waals surface area contributed by atoms with Crippen molar-refractivity contribution in [3.63, 3.8) is 0 Å². The van der Waals surface area contributed by atoms with E-state index >= 15 is 0 Å². The van der Waals surface area contributed by atoms with Gasteiger partial charge in [0.1, 0.15) is 21.3 Å². The van der Waals surface area contributed by atoms with Gasteiger partial charge in [0, 0.05) is 29.5 Å². The number of rotatable bonds is 2. The second-order valence-electron chi connectivity index (χ2n) is 8.18. The Morgan fingerprint density at radius 2 is 2.03 bits per heavy atom. The molecule has 0 atom stereocenters. The fraction of sp³-hybridized carbons (Fsp3) is 0.261. The molecule has 1 fully saturated rings. The Kier molecular flexibility index (Phi) is 5.54. The minimum absolute atomic E-state index is 0.0408. The number of aromatic nitrogens is 4. The Morgan fingerprint density at radius 1 is 1.24 bits per heavy atom. The van der Waals surface area contributed by atoms with Gasteiger partial charge in [-0.3, -0.25) is 4.99 Å². The number of sulfone groups is 1. The maximum Gasteiger partial charge on any atom is 0.165 e. The minimum Gasteiger partial charge on any atom is -0.344 e. The number of nitrogens with one attached hydrogen (secondary N) is 1. The van der Waals surface area contributed by atoms with Crippen LogP contribution in [-0.2, 0) is 9.84 Å². The van der Waals surface area contributed by atoms with Gasteiger partial charge in [-0.25, -0.2) is 17.8 Å². The SMILES string of the molecule is C=C1/C=C(/c2cnn3c2nc(C2CCS(=O)(=O)CC2)c2c(Cl)c[nH]c23)C=NC/C=C\C(F)=C/1. The van der Waals surface area contributed by atoms with E-state index in [2.05, 4.69) is 21.7 Å². The van der Waals surface area contributed by atoms with Gasteiger partial charge in [0.15, 0.2) is 5.65 Å². The van der Waals surface area contributed by atoms with Crippen molar-refractivity contribution in [1.82, 2.24) is 19.6 Å². The van der Waals surface area contributed by atoms with Gasteiger partial charge in [-0.15, -0.1) is 0 Å². The van der Waals surface area contributed by atoms with Gasteiger partial charge < -0.3 is 4.98 Å². The lowest BCUT2D eigenvalue weighted by atomic mass is 9.96. The second kappa shape index (κ2) is 8.39. The third-order valence-electron chi connectivity index (χ3n) is 5.88. The Bertz CT molecular complexity index is 1500. The first-order valence-corrected chi connectivity index (χ1v) is 12.7. The van der Waals surface area contributed by atoms with Crippen molar-refractivity contribution in [3.8, 4) is 0 Å². The number of allylic oxidation sites excluding steroid dienone is 6. The standard InChI is InChI=1S/C23H21ClFN5O2S/c1-14-9-16(11-26-6-2-3-17(25)10-14)18-12-28-30-22(18)29-21(20-19(24)13-27-23(20)30)15-4-7-33(31,32)8-5-15/h2-3,9-13,15,27H,1,4-8H2/b3-2-,16-9+,17-10+,26-11?. The summed E-state index contributed by atoms with van der Waals surface area (Å²) in [6.45, 7) is 4.25. The maximum absolute atomic E-state index is 13.9. The Morgan fingerprint density at radius 3 is 2.82 bits per heavy atom. The van der Waals surface area contributed by atoms with Crippen LogP contribution in [-0.4, -0.2) is 52.3 Å². The van der Waals surface area contributed by atoms with E-state index in [1.807, 2.05) is 0 Å². The molecule has 3 aromatic heterocycles. The molecule has 2 aliphatic rings. The number of H-pyrrole nitrogens is 1. The molecule has 5 rings (SSSR count). The monoisotopic (exact) mass is 485 g/mol. The molecule has 0 aromatic carbocycles. The Balaban J connectivity index is 1.68. The molecule has 0 radical (unpaired) electrons. The molecule has 0 bridgehead atoms. The molecule has 3 aromatic rings. The van der Waals surface area contributed by atoms with E-state index in [1.165, 1.54) is 12.2 Å². The molecule has 33 heavy (non-hydrogen) atoms. The van der Waals surface area contributed by atoms with Crippen molar-refractivity contribution in [2.75, 3.05) is 18.1 Å². The van der Waals surface area contributed by atoms with Gasteiger partial charge in [0.05, 0.1) is 40.4 Å². The highest BCUT2D eigenvalue weighted by molar-refractivity contribution is 7.91. The molecular formula is C23H21ClFN5O2S. The van der Waals surface area contributed by atoms with Crippen LogP contribution in [0.15, 0.2) is 59.7 Å². The lowest BCUT2D eigenvalue weighted by Gasteiger charge is -2.22. The summed E-state index contributed by atoms with van der Waals surface area (Å²) in [5.74, 6) is -0.184. The van der Waals surface area contributed by atoms with Crippen molar-refractivity contribution in [1.29, 1.82) is 0 Å². The highest BCUT2D eigenvalue weighted by Crippen LogP contribution is 2.37. The van der Waals surface area contributed by atoms with Crippen LogP contribution in [0, 0.1) is 0 Å². The molecule has 7 nitrogen and oxygen atoms in total. The first kappa shape index (κ1) is 21.8. The van der Waals surface area contributed by atoms with E-state index in [0.29, 0.717) is 52.4 Å². The summed E-state index contributed by atoms with van der Waals surface area (Å²) in [4.78, 5) is 12.5. The third-order valence-corrected chi connectivity index (χ3v) is 7.90. The molecule has 0 spiro atoms. The molecule has 2 aliphatic heterocycles. The fourth-order valence-electron chi connectivity index (χ4n) is 4.27. The van der Waals surface area contributed by atoms with E-state index < -0.39 is 15.7 Å². The smallest absolute Gasteiger partial charge is 0.165 e. The summed E-state index contributed by atoms with van der Waals surface area (Å²) in [6, 6.07) is 0. The number of aromatic amines is 1. The maximum atomic E-state index is 13.9. The summed E-state index contributed by atoms with van der Waals surface area (Å²) in [7, 11) is -3.02. The summed E-state index contributed by atoms with van der Waals surface area (Å²) in [5.41, 5.74) is 3.88. The van der Waals surface area contributed by atoms with E-state index in [9.17, 15) is 12.8 Å². The molecule has 10 heteroatoms. The lowest BCUT2D eigenvalue weighted by Crippen LogP contribution is -2.23. The first-order valence-electron chi connectivity index (χ1n) is 10.5. The van der Waals surface area contributed by atoms with Gasteiger partial charge in [0.25, 0.3) is 0 Å². The number of halogens is 2. The van der Waals surface area contributed by atoms with Crippen LogP contribution in [0.25, 0.3) is 22.3 Å². The molecule has 0 saturated carbocycles. The summed E-state index contributed by atoms with van der Waals surface area (Å²) in [6.07, 6.45) is 12.1. The molecule has 1 saturated heterocycles. The van der Waals surface area contributed by atoms with Crippen LogP contribution < -0.4 is 0 Å². The number of hydrogen-bond acceptors (Lipinski definition) is 5. The third kappa shape index (κ3) is 4.18. The van der Waals surface area contributed by atoms with E-state index in [0.717, 1.165) is 11.1 Å². The highest BCUT2D eigenvalue weighted by Gasteiger charge is 2.29. The van der Waals surface area contributed by atoms with Crippen molar-refractivity contribution >= 4 is 49.9 Å². The van der Waals surface area contributed by atoms with E-state index in [4.69, 9.17) is 16.6 Å². The molecule has 0 unspecified atom stereocenters. The van der Waals surface area contributed by atoms with E-state index in [1.54, 1.807) is 35.3 Å². The van der Waals surface area contributed by atoms with Crippen molar-refractivity contribution in [2.24, 2.45) is 4.99 Å². The lowest BCUT2D eigenvalue weighted by molar-refractivity contribution is 0.546. The summed E-state index contributed by atoms with van der Waals surface area (Å²) in [5, 5.41) is 5.77. The van der Waals surface area contributed by atoms with Crippen molar-refractivity contribution < 1.29 is 12.8 Å². The van der Waals surface area contributed by atoms with Gasteiger partial charge in [-0.2, -0.15) is 9.61 Å². The second-order valence-corrected chi connectivity index (χ2v) is 10.9. The zero-order valence-electron chi connectivity index (χ0n) is 17.6. The quantitative estimate of drug-likeness (QED) is 0.574. The van der Waals surface area contributed by atoms with Gasteiger partial charge in [-0.05, 0) is 36.6 Å². The van der Waals surface area contributed by atoms with Gasteiger partial charge >= 0.3 is 0 Å². The first-order chi connectivity index (χ1) is 15.8. The highest BCUT2D eigenvalue weighted by atomic mass is 35.5. The van der Waals surface area contributed by atoms with Crippen molar-refractivity contribution in [3.05, 3.63) is 71.0 Å². The largest absolute Gasteiger partial charge is 0.344 e. The van der Waals surface area contributed by atoms with Crippen LogP contribution in [0.2, 0.25) is 5.02 Å². The van der Waals surface area contributed by atoms with Gasteiger partial charge in [0.2, 0.25) is 0 Å². The van der Waals surface area contributed by atoms with E-state index in [-0.39, 0.29) is 17.4 Å². The van der Waals surface area contributed by atoms with Crippen LogP contribution in [0.4, 0.5) is 4.39 Å². The predicted octanol–water partition coefficient (Wildman–Crippen LogP) is 4.59. The number of nitrogens with zero attached hydrogens (tertiary/aromatic N) is 4. The molecule has 0 amide bonds. The Hall–Kier alpha value is -3.04. The molecular weight excluding hydrogens is 465 g/mol. The summed E-state index contributed by atoms with van der Waals surface area (Å²) < 4.78 is 39.6. The average molecular weight is 486 g/mol. The number of fused-ring (bicyclic) bond motifs is 3. The fourth-order valence-corrected chi connectivity index (χ4v) is 6.01. The van der Waals surface area contributed by atoms with Crippen LogP contribution in [0.5, 0.6) is 0 Å². The molecule has 1 N–H and O–H groups in total. The predicted molar refractivity (Wildman–Crippen MR) is 129 cm³/mol. The topological polar surface area (TPSA) is 92.5 Å². The summed E-state index contributed by atoms with van der Waals surface area (Å²) >= 11 is 6.49. The van der Waals surface area contributed by atoms with Crippen LogP contribution in [0.3, 0.4) is 0 Å². The number of hydrogen-bond donors (Lipinski definition) is 1. The van der Waals surface area contributed by atoms with Crippen LogP contribution in [0.1, 0.15) is 30.0 Å². The molecule has 5 heterocycles. The van der Waals surface area contributed by atoms with Crippen molar-refractivity contribution in [2.45, 2.75) is 18.8 Å². The minimum atomic E-state index is -3.02.